The van der Waals surface area contributed by atoms with Crippen LogP contribution in [0.5, 0.6) is 0 Å². The van der Waals surface area contributed by atoms with Gasteiger partial charge in [-0.3, -0.25) is 9.59 Å². The molecular weight excluding hydrogens is 685 g/mol. The number of esters is 2. The van der Waals surface area contributed by atoms with Crippen molar-refractivity contribution in [2.24, 2.45) is 23.7 Å². The molecule has 3 aliphatic carbocycles. The summed E-state index contributed by atoms with van der Waals surface area (Å²) in [5, 5.41) is 10.6. The summed E-state index contributed by atoms with van der Waals surface area (Å²) >= 11 is 3.95. The quantitative estimate of drug-likeness (QED) is 0.0600. The molecule has 3 rings (SSSR count). The van der Waals surface area contributed by atoms with Crippen molar-refractivity contribution in [1.29, 1.82) is 0 Å². The molecule has 3 saturated carbocycles. The van der Waals surface area contributed by atoms with Gasteiger partial charge >= 0.3 is 11.9 Å². The second-order valence-electron chi connectivity index (χ2n) is 17.0. The molecular formula is C45H82O5S2. The zero-order valence-electron chi connectivity index (χ0n) is 34.0. The van der Waals surface area contributed by atoms with Gasteiger partial charge in [0.25, 0.3) is 0 Å². The van der Waals surface area contributed by atoms with Crippen LogP contribution in [0.25, 0.3) is 0 Å². The van der Waals surface area contributed by atoms with Crippen molar-refractivity contribution in [3.63, 3.8) is 0 Å². The number of aliphatic hydroxyl groups is 1. The first-order chi connectivity index (χ1) is 25.5. The molecule has 5 nitrogen and oxygen atoms in total. The van der Waals surface area contributed by atoms with E-state index >= 15 is 0 Å². The summed E-state index contributed by atoms with van der Waals surface area (Å²) in [6.07, 6.45) is 34.7. The fourth-order valence-corrected chi connectivity index (χ4v) is 11.4. The van der Waals surface area contributed by atoms with Crippen LogP contribution in [-0.2, 0) is 19.1 Å². The van der Waals surface area contributed by atoms with Gasteiger partial charge in [-0.15, -0.1) is 0 Å². The molecule has 0 bridgehead atoms. The first kappa shape index (κ1) is 46.0. The largest absolute Gasteiger partial charge is 0.461 e. The average Bonchev–Trinajstić information content (AvgIpc) is 3.18. The Morgan fingerprint density at radius 2 is 1.08 bits per heavy atom. The maximum absolute atomic E-state index is 12.8. The first-order valence-electron chi connectivity index (χ1n) is 22.7. The summed E-state index contributed by atoms with van der Waals surface area (Å²) in [5.74, 6) is 6.68. The molecule has 3 fully saturated rings. The second kappa shape index (κ2) is 29.8. The molecule has 0 aromatic carbocycles. The summed E-state index contributed by atoms with van der Waals surface area (Å²) in [6.45, 7) is 4.47. The fourth-order valence-electron chi connectivity index (χ4n) is 9.15. The van der Waals surface area contributed by atoms with E-state index in [0.29, 0.717) is 30.6 Å². The topological polar surface area (TPSA) is 72.8 Å². The Kier molecular flexibility index (Phi) is 26.4. The van der Waals surface area contributed by atoms with E-state index in [4.69, 9.17) is 9.47 Å². The molecule has 1 N–H and O–H groups in total. The molecule has 0 amide bonds. The molecule has 0 saturated heterocycles. The second-order valence-corrected chi connectivity index (χ2v) is 19.3. The van der Waals surface area contributed by atoms with Crippen LogP contribution in [0.2, 0.25) is 0 Å². The Morgan fingerprint density at radius 3 is 1.56 bits per heavy atom. The van der Waals surface area contributed by atoms with Crippen LogP contribution in [0.15, 0.2) is 0 Å². The highest BCUT2D eigenvalue weighted by atomic mass is 32.2. The number of rotatable bonds is 29. The monoisotopic (exact) mass is 767 g/mol. The number of carbonyl (C=O) groups is 2. The Balaban J connectivity index is 1.20. The van der Waals surface area contributed by atoms with Crippen molar-refractivity contribution < 1.29 is 24.2 Å². The lowest BCUT2D eigenvalue weighted by atomic mass is 9.85. The van der Waals surface area contributed by atoms with E-state index in [2.05, 4.69) is 13.8 Å². The molecule has 0 heterocycles. The Morgan fingerprint density at radius 1 is 0.596 bits per heavy atom. The number of hydrogen-bond donors (Lipinski definition) is 1. The molecule has 0 spiro atoms. The molecule has 304 valence electrons. The highest BCUT2D eigenvalue weighted by Gasteiger charge is 2.28. The summed E-state index contributed by atoms with van der Waals surface area (Å²) in [4.78, 5) is 25.6. The standard InChI is InChI=1S/C45H82O5S2/c1-3-20-37(4-2)29-31-44(47)49-42(39-23-12-6-13-24-39)35-51-33-18-8-16-27-41(46)28-17-9-19-34-52-36-43(40-25-14-7-15-26-40)50-45(48)32-30-38-21-10-5-11-22-38/h37-43,46H,3-36H2,1-2H3. The molecule has 0 aliphatic heterocycles. The molecule has 4 unspecified atom stereocenters. The summed E-state index contributed by atoms with van der Waals surface area (Å²) < 4.78 is 12.3. The van der Waals surface area contributed by atoms with E-state index < -0.39 is 0 Å². The predicted octanol–water partition coefficient (Wildman–Crippen LogP) is 12.9. The summed E-state index contributed by atoms with van der Waals surface area (Å²) in [7, 11) is 0. The lowest BCUT2D eigenvalue weighted by Crippen LogP contribution is -2.31. The van der Waals surface area contributed by atoms with Crippen LogP contribution in [0.4, 0.5) is 0 Å². The average molecular weight is 767 g/mol. The first-order valence-corrected chi connectivity index (χ1v) is 25.0. The number of aliphatic hydroxyl groups excluding tert-OH is 1. The molecule has 52 heavy (non-hydrogen) atoms. The lowest BCUT2D eigenvalue weighted by Gasteiger charge is -2.30. The van der Waals surface area contributed by atoms with Gasteiger partial charge in [0.05, 0.1) is 6.10 Å². The van der Waals surface area contributed by atoms with Gasteiger partial charge in [0, 0.05) is 24.3 Å². The van der Waals surface area contributed by atoms with E-state index in [1.807, 2.05) is 23.5 Å². The zero-order valence-corrected chi connectivity index (χ0v) is 35.6. The van der Waals surface area contributed by atoms with Crippen LogP contribution in [0.1, 0.15) is 206 Å². The minimum atomic E-state index is -0.177. The fraction of sp³-hybridized carbons (Fsp3) is 0.956. The highest BCUT2D eigenvalue weighted by molar-refractivity contribution is 7.99. The normalized spacial score (nSPS) is 20.3. The van der Waals surface area contributed by atoms with Crippen molar-refractivity contribution in [1.82, 2.24) is 0 Å². The Bertz CT molecular complexity index is 824. The highest BCUT2D eigenvalue weighted by Crippen LogP contribution is 2.33. The summed E-state index contributed by atoms with van der Waals surface area (Å²) in [5.41, 5.74) is 0. The molecule has 0 aromatic heterocycles. The van der Waals surface area contributed by atoms with Gasteiger partial charge in [0.15, 0.2) is 0 Å². The minimum absolute atomic E-state index is 0.0273. The van der Waals surface area contributed by atoms with E-state index in [1.165, 1.54) is 128 Å². The minimum Gasteiger partial charge on any atom is -0.461 e. The van der Waals surface area contributed by atoms with Gasteiger partial charge in [0.2, 0.25) is 0 Å². The van der Waals surface area contributed by atoms with Crippen LogP contribution in [-0.4, -0.2) is 58.4 Å². The predicted molar refractivity (Wildman–Crippen MR) is 224 cm³/mol. The smallest absolute Gasteiger partial charge is 0.306 e. The van der Waals surface area contributed by atoms with Crippen LogP contribution < -0.4 is 0 Å². The maximum Gasteiger partial charge on any atom is 0.306 e. The number of ether oxygens (including phenoxy) is 2. The van der Waals surface area contributed by atoms with Crippen molar-refractivity contribution in [3.05, 3.63) is 0 Å². The van der Waals surface area contributed by atoms with Gasteiger partial charge < -0.3 is 14.6 Å². The Labute approximate surface area is 329 Å². The molecule has 7 heteroatoms. The van der Waals surface area contributed by atoms with Crippen molar-refractivity contribution in [2.75, 3.05) is 23.0 Å². The SMILES string of the molecule is CCCC(CC)CCC(=O)OC(CSCCCCCC(O)CCCCCSCC(OC(=O)CCC1CCCCC1)C1CCCCC1)C1CCCCC1. The molecule has 0 aromatic rings. The van der Waals surface area contributed by atoms with Crippen LogP contribution >= 0.6 is 23.5 Å². The van der Waals surface area contributed by atoms with Crippen LogP contribution in [0.3, 0.4) is 0 Å². The van der Waals surface area contributed by atoms with Gasteiger partial charge in [-0.2, -0.15) is 23.5 Å². The third-order valence-corrected chi connectivity index (χ3v) is 14.9. The zero-order chi connectivity index (χ0) is 37.1. The number of thioether (sulfide) groups is 2. The lowest BCUT2D eigenvalue weighted by molar-refractivity contribution is -0.152. The maximum atomic E-state index is 12.8. The molecule has 4 atom stereocenters. The number of carbonyl (C=O) groups excluding carboxylic acids is 2. The summed E-state index contributed by atoms with van der Waals surface area (Å²) in [6, 6.07) is 0. The number of unbranched alkanes of at least 4 members (excludes halogenated alkanes) is 4. The van der Waals surface area contributed by atoms with E-state index in [9.17, 15) is 14.7 Å². The van der Waals surface area contributed by atoms with Crippen molar-refractivity contribution in [3.8, 4) is 0 Å². The van der Waals surface area contributed by atoms with E-state index in [1.54, 1.807) is 0 Å². The van der Waals surface area contributed by atoms with E-state index in [0.717, 1.165) is 80.3 Å². The van der Waals surface area contributed by atoms with Gasteiger partial charge in [-0.05, 0) is 99.4 Å². The molecule has 3 aliphatic rings. The van der Waals surface area contributed by atoms with Gasteiger partial charge in [0.1, 0.15) is 12.2 Å². The van der Waals surface area contributed by atoms with E-state index in [-0.39, 0.29) is 30.3 Å². The third kappa shape index (κ3) is 21.1. The molecule has 0 radical (unpaired) electrons. The third-order valence-electron chi connectivity index (χ3n) is 12.6. The van der Waals surface area contributed by atoms with Gasteiger partial charge in [-0.25, -0.2) is 0 Å². The van der Waals surface area contributed by atoms with Gasteiger partial charge in [-0.1, -0.05) is 129 Å². The van der Waals surface area contributed by atoms with Crippen molar-refractivity contribution in [2.45, 2.75) is 225 Å². The number of hydrogen-bond acceptors (Lipinski definition) is 7. The Hall–Kier alpha value is -0.400. The van der Waals surface area contributed by atoms with Crippen LogP contribution in [0, 0.1) is 23.7 Å². The van der Waals surface area contributed by atoms with Crippen molar-refractivity contribution >= 4 is 35.5 Å².